The summed E-state index contributed by atoms with van der Waals surface area (Å²) in [6.45, 7) is 6.91. The number of thiazole rings is 1. The van der Waals surface area contributed by atoms with E-state index in [1.807, 2.05) is 20.8 Å². The van der Waals surface area contributed by atoms with E-state index in [-0.39, 0.29) is 12.0 Å². The molecule has 0 radical (unpaired) electrons. The number of piperidine rings is 1. The predicted molar refractivity (Wildman–Crippen MR) is 94.4 cm³/mol. The maximum atomic E-state index is 12.3. The van der Waals surface area contributed by atoms with Crippen LogP contribution in [0.1, 0.15) is 38.5 Å². The van der Waals surface area contributed by atoms with Gasteiger partial charge in [-0.1, -0.05) is 11.6 Å². The number of rotatable bonds is 4. The Morgan fingerprint density at radius 1 is 1.57 bits per heavy atom. The molecule has 0 bridgehead atoms. The molecule has 0 spiro atoms. The minimum absolute atomic E-state index is 0.250. The zero-order valence-electron chi connectivity index (χ0n) is 13.7. The molecule has 5 nitrogen and oxygen atoms in total. The van der Waals surface area contributed by atoms with E-state index in [9.17, 15) is 9.00 Å². The van der Waals surface area contributed by atoms with Crippen LogP contribution in [0.4, 0.5) is 4.79 Å². The molecule has 2 rings (SSSR count). The Bertz CT molecular complexity index is 571. The van der Waals surface area contributed by atoms with Crippen molar-refractivity contribution >= 4 is 39.8 Å². The van der Waals surface area contributed by atoms with E-state index in [4.69, 9.17) is 16.3 Å². The van der Waals surface area contributed by atoms with Crippen molar-refractivity contribution in [3.8, 4) is 0 Å². The summed E-state index contributed by atoms with van der Waals surface area (Å²) in [5, 5.41) is 0. The van der Waals surface area contributed by atoms with Crippen LogP contribution in [0.2, 0.25) is 4.47 Å². The molecule has 130 valence electrons. The van der Waals surface area contributed by atoms with E-state index in [1.165, 1.54) is 11.3 Å². The second kappa shape index (κ2) is 7.94. The van der Waals surface area contributed by atoms with Crippen LogP contribution in [0, 0.1) is 5.92 Å². The average molecular weight is 379 g/mol. The molecule has 1 aliphatic heterocycles. The number of amides is 1. The van der Waals surface area contributed by atoms with Crippen molar-refractivity contribution in [1.29, 1.82) is 0 Å². The van der Waals surface area contributed by atoms with Crippen LogP contribution in [0.5, 0.6) is 0 Å². The SMILES string of the molecule is CC(C)(C)OC(=O)N1CCC[C@@H](C[S@@](=O)Cc2cnc(Cl)s2)C1. The first-order chi connectivity index (χ1) is 10.7. The first-order valence-electron chi connectivity index (χ1n) is 7.66. The molecular weight excluding hydrogens is 356 g/mol. The Morgan fingerprint density at radius 3 is 2.91 bits per heavy atom. The lowest BCUT2D eigenvalue weighted by Crippen LogP contribution is -2.44. The Balaban J connectivity index is 1.83. The third-order valence-electron chi connectivity index (χ3n) is 3.42. The molecule has 1 aromatic rings. The van der Waals surface area contributed by atoms with E-state index in [0.717, 1.165) is 17.7 Å². The van der Waals surface area contributed by atoms with Crippen LogP contribution >= 0.6 is 22.9 Å². The molecular formula is C15H23ClN2O3S2. The number of ether oxygens (including phenoxy) is 1. The molecule has 0 aliphatic carbocycles. The van der Waals surface area contributed by atoms with Gasteiger partial charge < -0.3 is 9.64 Å². The summed E-state index contributed by atoms with van der Waals surface area (Å²) in [6, 6.07) is 0. The van der Waals surface area contributed by atoms with Crippen LogP contribution in [0.25, 0.3) is 0 Å². The minimum Gasteiger partial charge on any atom is -0.444 e. The fourth-order valence-electron chi connectivity index (χ4n) is 2.52. The lowest BCUT2D eigenvalue weighted by molar-refractivity contribution is 0.0176. The quantitative estimate of drug-likeness (QED) is 0.801. The number of carbonyl (C=O) groups excluding carboxylic acids is 1. The summed E-state index contributed by atoms with van der Waals surface area (Å²) in [6.07, 6.45) is 3.32. The average Bonchev–Trinajstić information content (AvgIpc) is 2.82. The van der Waals surface area contributed by atoms with E-state index >= 15 is 0 Å². The summed E-state index contributed by atoms with van der Waals surface area (Å²) in [7, 11) is -0.969. The summed E-state index contributed by atoms with van der Waals surface area (Å²) >= 11 is 7.16. The van der Waals surface area contributed by atoms with E-state index < -0.39 is 16.4 Å². The zero-order chi connectivity index (χ0) is 17.0. The standard InChI is InChI=1S/C15H23ClN2O3S2/c1-15(2,3)21-14(19)18-6-4-5-11(8-18)9-23(20)10-12-7-17-13(16)22-12/h7,11H,4-6,8-10H2,1-3H3/t11-,23-/m1/s1. The fourth-order valence-corrected chi connectivity index (χ4v) is 5.24. The van der Waals surface area contributed by atoms with Gasteiger partial charge in [-0.2, -0.15) is 0 Å². The molecule has 1 amide bonds. The van der Waals surface area contributed by atoms with Crippen molar-refractivity contribution in [3.05, 3.63) is 15.5 Å². The maximum absolute atomic E-state index is 12.3. The topological polar surface area (TPSA) is 59.5 Å². The van der Waals surface area contributed by atoms with Gasteiger partial charge in [0.2, 0.25) is 0 Å². The van der Waals surface area contributed by atoms with Crippen molar-refractivity contribution in [2.45, 2.75) is 45.0 Å². The number of carbonyl (C=O) groups is 1. The predicted octanol–water partition coefficient (Wildman–Crippen LogP) is 3.69. The molecule has 0 aromatic carbocycles. The molecule has 2 atom stereocenters. The van der Waals surface area contributed by atoms with Gasteiger partial charge in [0.25, 0.3) is 0 Å². The summed E-state index contributed by atoms with van der Waals surface area (Å²) < 4.78 is 18.2. The Kier molecular flexibility index (Phi) is 6.45. The molecule has 23 heavy (non-hydrogen) atoms. The molecule has 2 heterocycles. The molecule has 1 aliphatic rings. The Labute approximate surface area is 148 Å². The van der Waals surface area contributed by atoms with Gasteiger partial charge in [-0.05, 0) is 39.5 Å². The molecule has 1 aromatic heterocycles. The van der Waals surface area contributed by atoms with Crippen LogP contribution in [-0.2, 0) is 21.3 Å². The monoisotopic (exact) mass is 378 g/mol. The van der Waals surface area contributed by atoms with Crippen molar-refractivity contribution in [3.63, 3.8) is 0 Å². The van der Waals surface area contributed by atoms with Gasteiger partial charge in [0, 0.05) is 40.7 Å². The van der Waals surface area contributed by atoms with E-state index in [2.05, 4.69) is 4.98 Å². The number of aromatic nitrogens is 1. The van der Waals surface area contributed by atoms with Crippen LogP contribution in [-0.4, -0.2) is 44.6 Å². The highest BCUT2D eigenvalue weighted by Gasteiger charge is 2.28. The largest absolute Gasteiger partial charge is 0.444 e. The summed E-state index contributed by atoms with van der Waals surface area (Å²) in [5.41, 5.74) is -0.488. The van der Waals surface area contributed by atoms with Crippen molar-refractivity contribution in [2.75, 3.05) is 18.8 Å². The van der Waals surface area contributed by atoms with Crippen molar-refractivity contribution < 1.29 is 13.7 Å². The number of likely N-dealkylation sites (tertiary alicyclic amines) is 1. The minimum atomic E-state index is -0.969. The summed E-state index contributed by atoms with van der Waals surface area (Å²) in [4.78, 5) is 18.8. The third-order valence-corrected chi connectivity index (χ3v) is 6.19. The van der Waals surface area contributed by atoms with E-state index in [1.54, 1.807) is 11.1 Å². The number of nitrogens with zero attached hydrogens (tertiary/aromatic N) is 2. The van der Waals surface area contributed by atoms with Crippen LogP contribution in [0.15, 0.2) is 6.20 Å². The normalized spacial score (nSPS) is 20.3. The molecule has 1 fully saturated rings. The van der Waals surface area contributed by atoms with Gasteiger partial charge >= 0.3 is 6.09 Å². The number of hydrogen-bond acceptors (Lipinski definition) is 5. The maximum Gasteiger partial charge on any atom is 0.410 e. The highest BCUT2D eigenvalue weighted by Crippen LogP contribution is 2.23. The molecule has 0 unspecified atom stereocenters. The Hall–Kier alpha value is -0.660. The van der Waals surface area contributed by atoms with Crippen LogP contribution < -0.4 is 0 Å². The van der Waals surface area contributed by atoms with Crippen LogP contribution in [0.3, 0.4) is 0 Å². The lowest BCUT2D eigenvalue weighted by Gasteiger charge is -2.34. The highest BCUT2D eigenvalue weighted by molar-refractivity contribution is 7.84. The smallest absolute Gasteiger partial charge is 0.410 e. The first kappa shape index (κ1) is 18.7. The second-order valence-corrected chi connectivity index (χ2v) is 9.96. The Morgan fingerprint density at radius 2 is 2.30 bits per heavy atom. The zero-order valence-corrected chi connectivity index (χ0v) is 16.1. The second-order valence-electron chi connectivity index (χ2n) is 6.76. The van der Waals surface area contributed by atoms with Gasteiger partial charge in [0.05, 0.1) is 5.75 Å². The molecule has 0 N–H and O–H groups in total. The fraction of sp³-hybridized carbons (Fsp3) is 0.733. The van der Waals surface area contributed by atoms with Gasteiger partial charge in [-0.3, -0.25) is 4.21 Å². The molecule has 1 saturated heterocycles. The molecule has 0 saturated carbocycles. The van der Waals surface area contributed by atoms with Gasteiger partial charge in [-0.25, -0.2) is 9.78 Å². The van der Waals surface area contributed by atoms with E-state index in [0.29, 0.717) is 29.1 Å². The third kappa shape index (κ3) is 6.39. The number of hydrogen-bond donors (Lipinski definition) is 0. The van der Waals surface area contributed by atoms with Gasteiger partial charge in [0.15, 0.2) is 4.47 Å². The highest BCUT2D eigenvalue weighted by atomic mass is 35.5. The van der Waals surface area contributed by atoms with Crippen molar-refractivity contribution in [2.24, 2.45) is 5.92 Å². The van der Waals surface area contributed by atoms with Gasteiger partial charge in [0.1, 0.15) is 5.60 Å². The summed E-state index contributed by atoms with van der Waals surface area (Å²) in [5.74, 6) is 1.32. The van der Waals surface area contributed by atoms with Gasteiger partial charge in [-0.15, -0.1) is 11.3 Å². The first-order valence-corrected chi connectivity index (χ1v) is 10.3. The molecule has 8 heteroatoms. The van der Waals surface area contributed by atoms with Crippen molar-refractivity contribution in [1.82, 2.24) is 9.88 Å². The lowest BCUT2D eigenvalue weighted by atomic mass is 10.0. The number of halogens is 1.